The van der Waals surface area contributed by atoms with Gasteiger partial charge in [-0.05, 0) is 31.4 Å². The Morgan fingerprint density at radius 3 is 2.65 bits per heavy atom. The molecule has 0 aromatic carbocycles. The summed E-state index contributed by atoms with van der Waals surface area (Å²) in [5.74, 6) is 1.13. The minimum atomic E-state index is 0.522. The van der Waals surface area contributed by atoms with Crippen molar-refractivity contribution >= 4 is 5.82 Å². The molecular formula is C14H23N3. The maximum absolute atomic E-state index is 4.57. The van der Waals surface area contributed by atoms with Crippen LogP contribution in [-0.2, 0) is 6.54 Å². The lowest BCUT2D eigenvalue weighted by Crippen LogP contribution is -2.26. The number of hydrogen-bond donors (Lipinski definition) is 1. The van der Waals surface area contributed by atoms with Gasteiger partial charge < -0.3 is 10.2 Å². The molecule has 0 aliphatic heterocycles. The fourth-order valence-electron chi connectivity index (χ4n) is 2.01. The minimum Gasteiger partial charge on any atom is -0.354 e. The van der Waals surface area contributed by atoms with E-state index in [1.807, 2.05) is 6.20 Å². The molecule has 1 aliphatic rings. The van der Waals surface area contributed by atoms with Crippen molar-refractivity contribution in [2.75, 3.05) is 11.4 Å². The molecule has 1 aromatic heterocycles. The van der Waals surface area contributed by atoms with Crippen molar-refractivity contribution in [3.63, 3.8) is 0 Å². The SMILES string of the molecule is CCN(c1ccc(CNC(C)C)cn1)C1CC1. The van der Waals surface area contributed by atoms with E-state index < -0.39 is 0 Å². The molecule has 1 heterocycles. The molecule has 1 saturated carbocycles. The maximum atomic E-state index is 4.57. The first-order chi connectivity index (χ1) is 8.20. The van der Waals surface area contributed by atoms with Crippen LogP contribution in [0, 0.1) is 0 Å². The fourth-order valence-corrected chi connectivity index (χ4v) is 2.01. The minimum absolute atomic E-state index is 0.522. The summed E-state index contributed by atoms with van der Waals surface area (Å²) in [5, 5.41) is 3.41. The molecule has 3 heteroatoms. The highest BCUT2D eigenvalue weighted by Gasteiger charge is 2.28. The molecule has 0 radical (unpaired) electrons. The topological polar surface area (TPSA) is 28.2 Å². The zero-order chi connectivity index (χ0) is 12.3. The van der Waals surface area contributed by atoms with Gasteiger partial charge in [0.1, 0.15) is 5.82 Å². The second-order valence-corrected chi connectivity index (χ2v) is 5.08. The average Bonchev–Trinajstić information content (AvgIpc) is 3.13. The number of nitrogens with zero attached hydrogens (tertiary/aromatic N) is 2. The van der Waals surface area contributed by atoms with Crippen LogP contribution >= 0.6 is 0 Å². The smallest absolute Gasteiger partial charge is 0.128 e. The van der Waals surface area contributed by atoms with Crippen LogP contribution in [0.25, 0.3) is 0 Å². The molecule has 94 valence electrons. The van der Waals surface area contributed by atoms with Crippen LogP contribution in [0.5, 0.6) is 0 Å². The number of aromatic nitrogens is 1. The third-order valence-electron chi connectivity index (χ3n) is 3.15. The van der Waals surface area contributed by atoms with E-state index in [1.54, 1.807) is 0 Å². The van der Waals surface area contributed by atoms with Gasteiger partial charge in [0.15, 0.2) is 0 Å². The predicted molar refractivity (Wildman–Crippen MR) is 72.3 cm³/mol. The summed E-state index contributed by atoms with van der Waals surface area (Å²) in [7, 11) is 0. The molecule has 3 nitrogen and oxygen atoms in total. The maximum Gasteiger partial charge on any atom is 0.128 e. The van der Waals surface area contributed by atoms with Gasteiger partial charge in [-0.3, -0.25) is 0 Å². The molecule has 1 aromatic rings. The third-order valence-corrected chi connectivity index (χ3v) is 3.15. The first-order valence-corrected chi connectivity index (χ1v) is 6.65. The fraction of sp³-hybridized carbons (Fsp3) is 0.643. The van der Waals surface area contributed by atoms with Gasteiger partial charge >= 0.3 is 0 Å². The Morgan fingerprint density at radius 1 is 1.41 bits per heavy atom. The van der Waals surface area contributed by atoms with Crippen molar-refractivity contribution in [2.45, 2.75) is 52.2 Å². The number of anilines is 1. The Hall–Kier alpha value is -1.09. The van der Waals surface area contributed by atoms with Gasteiger partial charge in [-0.25, -0.2) is 4.98 Å². The van der Waals surface area contributed by atoms with Crippen molar-refractivity contribution in [3.8, 4) is 0 Å². The molecule has 1 fully saturated rings. The first kappa shape index (κ1) is 12.4. The van der Waals surface area contributed by atoms with E-state index in [9.17, 15) is 0 Å². The lowest BCUT2D eigenvalue weighted by Gasteiger charge is -2.21. The summed E-state index contributed by atoms with van der Waals surface area (Å²) in [6, 6.07) is 5.60. The average molecular weight is 233 g/mol. The van der Waals surface area contributed by atoms with Crippen LogP contribution < -0.4 is 10.2 Å². The lowest BCUT2D eigenvalue weighted by atomic mass is 10.2. The highest BCUT2D eigenvalue weighted by molar-refractivity contribution is 5.42. The summed E-state index contributed by atoms with van der Waals surface area (Å²) >= 11 is 0. The first-order valence-electron chi connectivity index (χ1n) is 6.65. The predicted octanol–water partition coefficient (Wildman–Crippen LogP) is 2.57. The number of hydrogen-bond acceptors (Lipinski definition) is 3. The second kappa shape index (κ2) is 5.50. The Balaban J connectivity index is 1.96. The molecule has 0 amide bonds. The van der Waals surface area contributed by atoms with Crippen LogP contribution in [0.2, 0.25) is 0 Å². The van der Waals surface area contributed by atoms with Gasteiger partial charge in [-0.1, -0.05) is 19.9 Å². The van der Waals surface area contributed by atoms with Gasteiger partial charge in [0, 0.05) is 31.4 Å². The molecule has 0 unspecified atom stereocenters. The second-order valence-electron chi connectivity index (χ2n) is 5.08. The van der Waals surface area contributed by atoms with Gasteiger partial charge in [0.05, 0.1) is 0 Å². The molecule has 0 saturated heterocycles. The summed E-state index contributed by atoms with van der Waals surface area (Å²) in [5.41, 5.74) is 1.26. The molecule has 0 atom stereocenters. The van der Waals surface area contributed by atoms with Gasteiger partial charge in [-0.15, -0.1) is 0 Å². The Bertz CT molecular complexity index is 341. The van der Waals surface area contributed by atoms with Crippen molar-refractivity contribution in [3.05, 3.63) is 23.9 Å². The van der Waals surface area contributed by atoms with E-state index >= 15 is 0 Å². The van der Waals surface area contributed by atoms with E-state index in [0.717, 1.165) is 24.9 Å². The van der Waals surface area contributed by atoms with Crippen LogP contribution in [0.15, 0.2) is 18.3 Å². The van der Waals surface area contributed by atoms with Crippen LogP contribution in [0.4, 0.5) is 5.82 Å². The van der Waals surface area contributed by atoms with Crippen molar-refractivity contribution < 1.29 is 0 Å². The van der Waals surface area contributed by atoms with Gasteiger partial charge in [0.25, 0.3) is 0 Å². The number of pyridine rings is 1. The van der Waals surface area contributed by atoms with E-state index in [4.69, 9.17) is 0 Å². The van der Waals surface area contributed by atoms with Gasteiger partial charge in [0.2, 0.25) is 0 Å². The zero-order valence-corrected chi connectivity index (χ0v) is 11.1. The Kier molecular flexibility index (Phi) is 4.00. The largest absolute Gasteiger partial charge is 0.354 e. The molecule has 0 bridgehead atoms. The molecule has 17 heavy (non-hydrogen) atoms. The highest BCUT2D eigenvalue weighted by Crippen LogP contribution is 2.30. The summed E-state index contributed by atoms with van der Waals surface area (Å²) < 4.78 is 0. The van der Waals surface area contributed by atoms with Gasteiger partial charge in [-0.2, -0.15) is 0 Å². The number of rotatable bonds is 6. The van der Waals surface area contributed by atoms with E-state index in [-0.39, 0.29) is 0 Å². The molecular weight excluding hydrogens is 210 g/mol. The molecule has 2 rings (SSSR count). The Morgan fingerprint density at radius 2 is 2.18 bits per heavy atom. The number of nitrogens with one attached hydrogen (secondary N) is 1. The standard InChI is InChI=1S/C14H23N3/c1-4-17(13-6-7-13)14-8-5-12(10-16-14)9-15-11(2)3/h5,8,10-11,13,15H,4,6-7,9H2,1-3H3. The zero-order valence-electron chi connectivity index (χ0n) is 11.1. The lowest BCUT2D eigenvalue weighted by molar-refractivity contribution is 0.588. The van der Waals surface area contributed by atoms with Crippen LogP contribution in [0.3, 0.4) is 0 Å². The molecule has 0 spiro atoms. The van der Waals surface area contributed by atoms with Crippen molar-refractivity contribution in [1.29, 1.82) is 0 Å². The summed E-state index contributed by atoms with van der Waals surface area (Å²) in [4.78, 5) is 6.98. The van der Waals surface area contributed by atoms with Crippen LogP contribution in [-0.4, -0.2) is 23.6 Å². The monoisotopic (exact) mass is 233 g/mol. The van der Waals surface area contributed by atoms with E-state index in [2.05, 4.69) is 48.1 Å². The molecule has 1 aliphatic carbocycles. The normalized spacial score (nSPS) is 15.3. The van der Waals surface area contributed by atoms with Crippen LogP contribution in [0.1, 0.15) is 39.2 Å². The third kappa shape index (κ3) is 3.43. The van der Waals surface area contributed by atoms with Crippen molar-refractivity contribution in [2.24, 2.45) is 0 Å². The summed E-state index contributed by atoms with van der Waals surface area (Å²) in [6.07, 6.45) is 4.65. The highest BCUT2D eigenvalue weighted by atomic mass is 15.2. The Labute approximate surface area is 104 Å². The van der Waals surface area contributed by atoms with Crippen molar-refractivity contribution in [1.82, 2.24) is 10.3 Å². The quantitative estimate of drug-likeness (QED) is 0.818. The molecule has 1 N–H and O–H groups in total. The summed E-state index contributed by atoms with van der Waals surface area (Å²) in [6.45, 7) is 8.48. The van der Waals surface area contributed by atoms with E-state index in [1.165, 1.54) is 18.4 Å². The van der Waals surface area contributed by atoms with E-state index in [0.29, 0.717) is 6.04 Å².